The van der Waals surface area contributed by atoms with Crippen LogP contribution in [-0.2, 0) is 10.2 Å². The maximum absolute atomic E-state index is 12.5. The van der Waals surface area contributed by atoms with Crippen LogP contribution in [-0.4, -0.2) is 25.3 Å². The molecule has 3 N–H and O–H groups in total. The molecule has 5 nitrogen and oxygen atoms in total. The lowest BCUT2D eigenvalue weighted by molar-refractivity contribution is 0.270. The third-order valence-corrected chi connectivity index (χ3v) is 5.66. The van der Waals surface area contributed by atoms with Crippen molar-refractivity contribution in [1.29, 1.82) is 0 Å². The number of nitrogens with two attached hydrogens (primary N) is 1. The van der Waals surface area contributed by atoms with E-state index in [2.05, 4.69) is 4.72 Å². The minimum absolute atomic E-state index is 0.0457. The van der Waals surface area contributed by atoms with Crippen LogP contribution in [0.3, 0.4) is 0 Å². The largest absolute Gasteiger partial charge is 0.398 e. The van der Waals surface area contributed by atoms with E-state index in [4.69, 9.17) is 5.73 Å². The van der Waals surface area contributed by atoms with Gasteiger partial charge in [0.25, 0.3) is 0 Å². The molecule has 1 aliphatic rings. The summed E-state index contributed by atoms with van der Waals surface area (Å²) in [5.41, 5.74) is 8.89. The SMILES string of the molecule is Cc1ccc(NS(=O)(=O)N2CCCCC2C)c(C)c1N. The molecule has 1 heterocycles. The molecule has 0 saturated carbocycles. The van der Waals surface area contributed by atoms with Crippen LogP contribution in [0.2, 0.25) is 0 Å². The lowest BCUT2D eigenvalue weighted by Gasteiger charge is -2.32. The van der Waals surface area contributed by atoms with E-state index in [9.17, 15) is 8.42 Å². The van der Waals surface area contributed by atoms with E-state index in [1.807, 2.05) is 26.8 Å². The molecule has 1 unspecified atom stereocenters. The third kappa shape index (κ3) is 2.91. The summed E-state index contributed by atoms with van der Waals surface area (Å²) < 4.78 is 29.2. The first kappa shape index (κ1) is 15.1. The van der Waals surface area contributed by atoms with E-state index >= 15 is 0 Å². The summed E-state index contributed by atoms with van der Waals surface area (Å²) in [4.78, 5) is 0. The van der Waals surface area contributed by atoms with Crippen LogP contribution in [0.1, 0.15) is 37.3 Å². The first-order chi connectivity index (χ1) is 9.33. The van der Waals surface area contributed by atoms with Crippen LogP contribution < -0.4 is 10.5 Å². The fourth-order valence-corrected chi connectivity index (χ4v) is 4.17. The van der Waals surface area contributed by atoms with E-state index < -0.39 is 10.2 Å². The van der Waals surface area contributed by atoms with Crippen molar-refractivity contribution in [3.05, 3.63) is 23.3 Å². The Kier molecular flexibility index (Phi) is 4.25. The summed E-state index contributed by atoms with van der Waals surface area (Å²) >= 11 is 0. The molecule has 112 valence electrons. The highest BCUT2D eigenvalue weighted by atomic mass is 32.2. The van der Waals surface area contributed by atoms with Gasteiger partial charge < -0.3 is 5.73 Å². The molecule has 20 heavy (non-hydrogen) atoms. The van der Waals surface area contributed by atoms with Crippen molar-refractivity contribution in [2.45, 2.75) is 46.1 Å². The number of hydrogen-bond acceptors (Lipinski definition) is 3. The van der Waals surface area contributed by atoms with Gasteiger partial charge in [0.15, 0.2) is 0 Å². The Balaban J connectivity index is 2.26. The highest BCUT2D eigenvalue weighted by Crippen LogP contribution is 2.27. The summed E-state index contributed by atoms with van der Waals surface area (Å²) in [5, 5.41) is 0. The standard InChI is InChI=1S/C14H23N3O2S/c1-10-7-8-13(12(3)14(10)15)16-20(18,19)17-9-5-4-6-11(17)2/h7-8,11,16H,4-6,9,15H2,1-3H3. The Morgan fingerprint density at radius 1 is 1.30 bits per heavy atom. The fourth-order valence-electron chi connectivity index (χ4n) is 2.60. The number of piperidine rings is 1. The van der Waals surface area contributed by atoms with Crippen molar-refractivity contribution in [2.75, 3.05) is 17.0 Å². The zero-order valence-corrected chi connectivity index (χ0v) is 13.1. The zero-order valence-electron chi connectivity index (χ0n) is 12.3. The maximum atomic E-state index is 12.5. The molecule has 0 aromatic heterocycles. The topological polar surface area (TPSA) is 75.4 Å². The minimum Gasteiger partial charge on any atom is -0.398 e. The maximum Gasteiger partial charge on any atom is 0.301 e. The van der Waals surface area contributed by atoms with Gasteiger partial charge in [-0.05, 0) is 50.8 Å². The lowest BCUT2D eigenvalue weighted by Crippen LogP contribution is -2.44. The molecule has 1 atom stereocenters. The second kappa shape index (κ2) is 5.61. The van der Waals surface area contributed by atoms with Gasteiger partial charge >= 0.3 is 10.2 Å². The van der Waals surface area contributed by atoms with E-state index in [-0.39, 0.29) is 6.04 Å². The molecule has 2 rings (SSSR count). The average Bonchev–Trinajstić information content (AvgIpc) is 2.40. The monoisotopic (exact) mass is 297 g/mol. The second-order valence-electron chi connectivity index (χ2n) is 5.53. The van der Waals surface area contributed by atoms with Crippen molar-refractivity contribution in [2.24, 2.45) is 0 Å². The molecule has 1 aliphatic heterocycles. The zero-order chi connectivity index (χ0) is 14.9. The number of benzene rings is 1. The molecule has 6 heteroatoms. The number of anilines is 2. The number of hydrogen-bond donors (Lipinski definition) is 2. The van der Waals surface area contributed by atoms with Crippen molar-refractivity contribution in [1.82, 2.24) is 4.31 Å². The van der Waals surface area contributed by atoms with Gasteiger partial charge in [0.05, 0.1) is 5.69 Å². The van der Waals surface area contributed by atoms with Crippen LogP contribution in [0.5, 0.6) is 0 Å². The minimum atomic E-state index is -3.51. The molecular weight excluding hydrogens is 274 g/mol. The highest BCUT2D eigenvalue weighted by Gasteiger charge is 2.29. The summed E-state index contributed by atoms with van der Waals surface area (Å²) in [5.74, 6) is 0. The number of nitrogens with one attached hydrogen (secondary N) is 1. The van der Waals surface area contributed by atoms with Crippen molar-refractivity contribution in [3.8, 4) is 0 Å². The van der Waals surface area contributed by atoms with Crippen molar-refractivity contribution in [3.63, 3.8) is 0 Å². The Hall–Kier alpha value is -1.27. The van der Waals surface area contributed by atoms with Gasteiger partial charge in [-0.2, -0.15) is 12.7 Å². The van der Waals surface area contributed by atoms with E-state index in [1.54, 1.807) is 10.4 Å². The predicted octanol–water partition coefficient (Wildman–Crippen LogP) is 2.42. The van der Waals surface area contributed by atoms with Gasteiger partial charge in [0, 0.05) is 18.3 Å². The predicted molar refractivity (Wildman–Crippen MR) is 82.9 cm³/mol. The molecule has 0 spiro atoms. The lowest BCUT2D eigenvalue weighted by atomic mass is 10.1. The Morgan fingerprint density at radius 3 is 2.65 bits per heavy atom. The van der Waals surface area contributed by atoms with Crippen molar-refractivity contribution < 1.29 is 8.42 Å². The first-order valence-corrected chi connectivity index (χ1v) is 8.42. The summed E-state index contributed by atoms with van der Waals surface area (Å²) in [7, 11) is -3.51. The van der Waals surface area contributed by atoms with E-state index in [1.165, 1.54) is 0 Å². The molecule has 0 radical (unpaired) electrons. The molecule has 1 fully saturated rings. The first-order valence-electron chi connectivity index (χ1n) is 6.98. The van der Waals surface area contributed by atoms with Gasteiger partial charge in [0.1, 0.15) is 0 Å². The van der Waals surface area contributed by atoms with E-state index in [0.717, 1.165) is 30.4 Å². The Morgan fingerprint density at radius 2 is 2.00 bits per heavy atom. The molecule has 1 aromatic carbocycles. The summed E-state index contributed by atoms with van der Waals surface area (Å²) in [6, 6.07) is 3.65. The van der Waals surface area contributed by atoms with Crippen molar-refractivity contribution >= 4 is 21.6 Å². The van der Waals surface area contributed by atoms with Gasteiger partial charge in [-0.3, -0.25) is 4.72 Å². The molecule has 0 amide bonds. The normalized spacial score (nSPS) is 20.9. The molecule has 0 aliphatic carbocycles. The highest BCUT2D eigenvalue weighted by molar-refractivity contribution is 7.90. The molecule has 0 bridgehead atoms. The number of nitrogen functional groups attached to an aromatic ring is 1. The van der Waals surface area contributed by atoms with Crippen LogP contribution >= 0.6 is 0 Å². The van der Waals surface area contributed by atoms with Crippen LogP contribution in [0.4, 0.5) is 11.4 Å². The summed E-state index contributed by atoms with van der Waals surface area (Å²) in [6.45, 7) is 6.28. The van der Waals surface area contributed by atoms with Gasteiger partial charge in [-0.1, -0.05) is 12.5 Å². The summed E-state index contributed by atoms with van der Waals surface area (Å²) in [6.07, 6.45) is 2.92. The smallest absolute Gasteiger partial charge is 0.301 e. The second-order valence-corrected chi connectivity index (χ2v) is 7.15. The van der Waals surface area contributed by atoms with Gasteiger partial charge in [-0.25, -0.2) is 0 Å². The van der Waals surface area contributed by atoms with Crippen LogP contribution in [0, 0.1) is 13.8 Å². The van der Waals surface area contributed by atoms with E-state index in [0.29, 0.717) is 17.9 Å². The Labute approximate surface area is 121 Å². The third-order valence-electron chi connectivity index (χ3n) is 4.02. The average molecular weight is 297 g/mol. The van der Waals surface area contributed by atoms with Gasteiger partial charge in [-0.15, -0.1) is 0 Å². The quantitative estimate of drug-likeness (QED) is 0.841. The van der Waals surface area contributed by atoms with Crippen LogP contribution in [0.25, 0.3) is 0 Å². The number of nitrogens with zero attached hydrogens (tertiary/aromatic N) is 1. The molecule has 1 saturated heterocycles. The Bertz CT molecular complexity index is 599. The van der Waals surface area contributed by atoms with Crippen LogP contribution in [0.15, 0.2) is 12.1 Å². The van der Waals surface area contributed by atoms with Gasteiger partial charge in [0.2, 0.25) is 0 Å². The molecular formula is C14H23N3O2S. The number of aryl methyl sites for hydroxylation is 1. The molecule has 1 aromatic rings. The number of rotatable bonds is 3. The fraction of sp³-hybridized carbons (Fsp3) is 0.571.